The number of rotatable bonds is 25. The number of para-hydroxylation sites is 1. The summed E-state index contributed by atoms with van der Waals surface area (Å²) in [5.41, 5.74) is 3.90. The summed E-state index contributed by atoms with van der Waals surface area (Å²) in [7, 11) is 2.17. The van der Waals surface area contributed by atoms with Crippen molar-refractivity contribution in [3.63, 3.8) is 0 Å². The number of unbranched alkanes of at least 4 members (excludes halogenated alkanes) is 11. The minimum absolute atomic E-state index is 0.0293. The Balaban J connectivity index is 0.993. The molecular formula is C57H84N8O7. The first-order valence-corrected chi connectivity index (χ1v) is 27.7. The lowest BCUT2D eigenvalue weighted by molar-refractivity contribution is -0.148. The molecule has 15 nitrogen and oxygen atoms in total. The first kappa shape index (κ1) is 54.5. The molecule has 3 amide bonds. The molecule has 2 aromatic carbocycles. The molecule has 0 aliphatic carbocycles. The molecule has 5 heterocycles. The second-order valence-corrected chi connectivity index (χ2v) is 20.9. The van der Waals surface area contributed by atoms with Gasteiger partial charge in [0.05, 0.1) is 17.2 Å². The van der Waals surface area contributed by atoms with Crippen molar-refractivity contribution in [1.29, 1.82) is 0 Å². The van der Waals surface area contributed by atoms with Crippen LogP contribution in [0.4, 0.5) is 4.79 Å². The van der Waals surface area contributed by atoms with Crippen molar-refractivity contribution in [1.82, 2.24) is 39.3 Å². The first-order chi connectivity index (χ1) is 35.0. The van der Waals surface area contributed by atoms with Crippen LogP contribution in [-0.2, 0) is 43.7 Å². The van der Waals surface area contributed by atoms with E-state index in [1.54, 1.807) is 20.3 Å². The van der Waals surface area contributed by atoms with Gasteiger partial charge in [0.25, 0.3) is 5.56 Å². The van der Waals surface area contributed by atoms with E-state index < -0.39 is 6.04 Å². The van der Waals surface area contributed by atoms with Crippen LogP contribution in [0.15, 0.2) is 53.5 Å². The number of carbonyl (C=O) groups excluding carboxylic acids is 4. The van der Waals surface area contributed by atoms with Gasteiger partial charge in [-0.3, -0.25) is 28.6 Å². The number of amides is 3. The SMILES string of the molecule is CCCCCCCCCC(=O)OCn1c(=O)c(C2CCN(C(=O)NC(Cc3cc(C)c4c(cnn4COC(=O)CCCCCCCC)c3)C(=O)N3CCN(C4CCN(C)CC4)CC3)CC2)cc2ccccc21. The molecule has 3 saturated heterocycles. The van der Waals surface area contributed by atoms with Gasteiger partial charge in [-0.2, -0.15) is 5.10 Å². The third-order valence-corrected chi connectivity index (χ3v) is 15.5. The van der Waals surface area contributed by atoms with E-state index in [9.17, 15) is 24.0 Å². The topological polar surface area (TPSA) is 152 Å². The number of piperidine rings is 2. The van der Waals surface area contributed by atoms with Crippen LogP contribution in [0.2, 0.25) is 0 Å². The zero-order chi connectivity index (χ0) is 50.8. The normalized spacial score (nSPS) is 16.9. The van der Waals surface area contributed by atoms with Crippen LogP contribution >= 0.6 is 0 Å². The maximum Gasteiger partial charge on any atom is 0.318 e. The Morgan fingerprint density at radius 3 is 1.96 bits per heavy atom. The lowest BCUT2D eigenvalue weighted by Crippen LogP contribution is -2.59. The molecule has 1 N–H and O–H groups in total. The molecular weight excluding hydrogens is 909 g/mol. The largest absolute Gasteiger partial charge is 0.444 e. The lowest BCUT2D eigenvalue weighted by atomic mass is 9.89. The van der Waals surface area contributed by atoms with E-state index in [1.807, 2.05) is 54.3 Å². The predicted octanol–water partition coefficient (Wildman–Crippen LogP) is 9.29. The first-order valence-electron chi connectivity index (χ1n) is 27.7. The van der Waals surface area contributed by atoms with Gasteiger partial charge in [0.15, 0.2) is 13.5 Å². The highest BCUT2D eigenvalue weighted by atomic mass is 16.5. The smallest absolute Gasteiger partial charge is 0.318 e. The molecule has 3 aliphatic heterocycles. The highest BCUT2D eigenvalue weighted by Gasteiger charge is 2.34. The highest BCUT2D eigenvalue weighted by Crippen LogP contribution is 2.29. The van der Waals surface area contributed by atoms with Gasteiger partial charge in [-0.25, -0.2) is 9.48 Å². The van der Waals surface area contributed by atoms with Crippen molar-refractivity contribution >= 4 is 45.7 Å². The second-order valence-electron chi connectivity index (χ2n) is 20.9. The summed E-state index contributed by atoms with van der Waals surface area (Å²) < 4.78 is 14.6. The molecule has 2 aromatic heterocycles. The number of ether oxygens (including phenoxy) is 2. The van der Waals surface area contributed by atoms with E-state index in [4.69, 9.17) is 9.47 Å². The zero-order valence-corrected chi connectivity index (χ0v) is 44.1. The number of fused-ring (bicyclic) bond motifs is 2. The van der Waals surface area contributed by atoms with Crippen molar-refractivity contribution in [2.24, 2.45) is 0 Å². The summed E-state index contributed by atoms with van der Waals surface area (Å²) in [6, 6.07) is 13.1. The molecule has 4 aromatic rings. The zero-order valence-electron chi connectivity index (χ0n) is 44.1. The quantitative estimate of drug-likeness (QED) is 0.0503. The Bertz CT molecular complexity index is 2440. The van der Waals surface area contributed by atoms with Gasteiger partial charge >= 0.3 is 18.0 Å². The van der Waals surface area contributed by atoms with E-state index >= 15 is 0 Å². The van der Waals surface area contributed by atoms with Gasteiger partial charge in [0, 0.05) is 75.5 Å². The van der Waals surface area contributed by atoms with Gasteiger partial charge in [-0.1, -0.05) is 109 Å². The number of aromatic nitrogens is 3. The number of pyridine rings is 1. The van der Waals surface area contributed by atoms with Crippen molar-refractivity contribution in [2.75, 3.05) is 59.4 Å². The maximum absolute atomic E-state index is 14.6. The minimum atomic E-state index is -0.805. The summed E-state index contributed by atoms with van der Waals surface area (Å²) in [6.07, 6.45) is 20.5. The summed E-state index contributed by atoms with van der Waals surface area (Å²) in [6.45, 7) is 12.1. The molecule has 0 saturated carbocycles. The average Bonchev–Trinajstić information content (AvgIpc) is 3.81. The predicted molar refractivity (Wildman–Crippen MR) is 284 cm³/mol. The molecule has 7 rings (SSSR count). The van der Waals surface area contributed by atoms with Gasteiger partial charge < -0.3 is 29.5 Å². The fourth-order valence-electron chi connectivity index (χ4n) is 11.2. The van der Waals surface area contributed by atoms with Gasteiger partial charge in [-0.15, -0.1) is 0 Å². The van der Waals surface area contributed by atoms with Gasteiger partial charge in [-0.05, 0) is 106 Å². The number of nitrogens with one attached hydrogen (secondary N) is 1. The Morgan fingerprint density at radius 2 is 1.31 bits per heavy atom. The van der Waals surface area contributed by atoms with Crippen LogP contribution in [-0.4, -0.2) is 129 Å². The third kappa shape index (κ3) is 15.1. The van der Waals surface area contributed by atoms with Crippen LogP contribution in [0, 0.1) is 6.92 Å². The summed E-state index contributed by atoms with van der Waals surface area (Å²) in [5.74, 6) is -0.709. The fourth-order valence-corrected chi connectivity index (χ4v) is 11.2. The number of likely N-dealkylation sites (tertiary alicyclic amines) is 2. The highest BCUT2D eigenvalue weighted by molar-refractivity contribution is 5.88. The monoisotopic (exact) mass is 993 g/mol. The Hall–Kier alpha value is -5.28. The third-order valence-electron chi connectivity index (χ3n) is 15.5. The molecule has 72 heavy (non-hydrogen) atoms. The lowest BCUT2D eigenvalue weighted by Gasteiger charge is -2.43. The molecule has 0 radical (unpaired) electrons. The maximum atomic E-state index is 14.6. The Labute approximate surface area is 427 Å². The van der Waals surface area contributed by atoms with Crippen LogP contribution in [0.25, 0.3) is 21.8 Å². The molecule has 0 bridgehead atoms. The molecule has 0 spiro atoms. The number of nitrogens with zero attached hydrogens (tertiary/aromatic N) is 7. The van der Waals surface area contributed by atoms with Gasteiger partial charge in [0.1, 0.15) is 6.04 Å². The summed E-state index contributed by atoms with van der Waals surface area (Å²) >= 11 is 0. The van der Waals surface area contributed by atoms with Crippen LogP contribution in [0.1, 0.15) is 158 Å². The number of esters is 2. The minimum Gasteiger partial charge on any atom is -0.444 e. The number of hydrogen-bond donors (Lipinski definition) is 1. The van der Waals surface area contributed by atoms with Gasteiger partial charge in [0.2, 0.25) is 5.91 Å². The number of benzene rings is 2. The molecule has 3 aliphatic rings. The second kappa shape index (κ2) is 27.7. The number of carbonyl (C=O) groups is 4. The van der Waals surface area contributed by atoms with Crippen LogP contribution in [0.3, 0.4) is 0 Å². The van der Waals surface area contributed by atoms with E-state index in [2.05, 4.69) is 41.1 Å². The Morgan fingerprint density at radius 1 is 0.694 bits per heavy atom. The van der Waals surface area contributed by atoms with Crippen molar-refractivity contribution in [3.05, 3.63) is 75.7 Å². The standard InChI is InChI=1S/C57H84N8O7/c1-5-7-9-11-13-15-17-22-52(66)71-41-64-51-21-19-18-20-46(51)39-49(55(64)68)45-24-30-63(31-25-45)57(70)59-50(56(69)62-34-32-61(33-35-62)48-26-28-60(4)29-27-48)38-44-36-43(3)54-47(37-44)40-58-65(54)42-72-53(67)23-16-14-12-10-8-6-2/h18-21,36-37,39-40,45,48,50H,5-17,22-35,38,41-42H2,1-4H3,(H,59,70). The van der Waals surface area contributed by atoms with E-state index in [1.165, 1.54) is 44.9 Å². The number of urea groups is 1. The van der Waals surface area contributed by atoms with Crippen LogP contribution in [0.5, 0.6) is 0 Å². The molecule has 394 valence electrons. The van der Waals surface area contributed by atoms with E-state index in [-0.39, 0.29) is 48.8 Å². The average molecular weight is 993 g/mol. The number of aryl methyl sites for hydroxylation is 1. The Kier molecular flexibility index (Phi) is 21.0. The van der Waals surface area contributed by atoms with Crippen LogP contribution < -0.4 is 10.9 Å². The summed E-state index contributed by atoms with van der Waals surface area (Å²) in [4.78, 5) is 77.2. The van der Waals surface area contributed by atoms with Crippen molar-refractivity contribution in [2.45, 2.75) is 181 Å². The fraction of sp³-hybridized carbons (Fsp3) is 0.649. The van der Waals surface area contributed by atoms with Crippen molar-refractivity contribution < 1.29 is 28.7 Å². The van der Waals surface area contributed by atoms with E-state index in [0.717, 1.165) is 105 Å². The van der Waals surface area contributed by atoms with Crippen molar-refractivity contribution in [3.8, 4) is 0 Å². The molecule has 1 unspecified atom stereocenters. The number of hydrogen-bond acceptors (Lipinski definition) is 10. The molecule has 3 fully saturated rings. The summed E-state index contributed by atoms with van der Waals surface area (Å²) in [5, 5.41) is 9.53. The van der Waals surface area contributed by atoms with E-state index in [0.29, 0.717) is 75.4 Å². The molecule has 15 heteroatoms. The molecule has 1 atom stereocenters. The number of piperazine rings is 1.